The Kier molecular flexibility index (Phi) is 4.30. The summed E-state index contributed by atoms with van der Waals surface area (Å²) >= 11 is 0. The number of alkyl halides is 3. The van der Waals surface area contributed by atoms with Gasteiger partial charge in [-0.15, -0.1) is 0 Å². The minimum absolute atomic E-state index is 0.0997. The lowest BCUT2D eigenvalue weighted by Crippen LogP contribution is -2.55. The number of likely N-dealkylation sites (N-methyl/N-ethyl adjacent to an activating group) is 1. The summed E-state index contributed by atoms with van der Waals surface area (Å²) in [5, 5.41) is 2.70. The number of hydrogen-bond acceptors (Lipinski definition) is 3. The van der Waals surface area contributed by atoms with Crippen LogP contribution in [0.5, 0.6) is 0 Å². The summed E-state index contributed by atoms with van der Waals surface area (Å²) in [5.74, 6) is -0.737. The van der Waals surface area contributed by atoms with Gasteiger partial charge in [-0.3, -0.25) is 4.79 Å². The molecule has 2 unspecified atom stereocenters. The Labute approximate surface area is 117 Å². The van der Waals surface area contributed by atoms with Crippen molar-refractivity contribution in [3.05, 3.63) is 0 Å². The highest BCUT2D eigenvalue weighted by molar-refractivity contribution is 5.85. The molecule has 116 valence electrons. The molecule has 0 saturated carbocycles. The maximum atomic E-state index is 13.4. The first-order valence-electron chi connectivity index (χ1n) is 7.01. The largest absolute Gasteiger partial charge is 0.404 e. The first-order valence-corrected chi connectivity index (χ1v) is 7.01. The van der Waals surface area contributed by atoms with Gasteiger partial charge in [-0.2, -0.15) is 13.2 Å². The van der Waals surface area contributed by atoms with Crippen LogP contribution in [0.3, 0.4) is 0 Å². The number of carbonyl (C=O) groups is 1. The highest BCUT2D eigenvalue weighted by atomic mass is 19.4. The Morgan fingerprint density at radius 2 is 2.15 bits per heavy atom. The summed E-state index contributed by atoms with van der Waals surface area (Å²) < 4.78 is 40.2. The van der Waals surface area contributed by atoms with Crippen molar-refractivity contribution in [1.82, 2.24) is 15.1 Å². The first-order chi connectivity index (χ1) is 9.28. The van der Waals surface area contributed by atoms with Crippen molar-refractivity contribution in [1.29, 1.82) is 0 Å². The van der Waals surface area contributed by atoms with Crippen LogP contribution in [0.1, 0.15) is 19.3 Å². The summed E-state index contributed by atoms with van der Waals surface area (Å²) in [6.45, 7) is 1.01. The highest BCUT2D eigenvalue weighted by Gasteiger charge is 2.63. The zero-order valence-electron chi connectivity index (χ0n) is 12.0. The van der Waals surface area contributed by atoms with E-state index in [4.69, 9.17) is 0 Å². The predicted octanol–water partition coefficient (Wildman–Crippen LogP) is 1.08. The van der Waals surface area contributed by atoms with E-state index in [9.17, 15) is 18.0 Å². The lowest BCUT2D eigenvalue weighted by atomic mass is 9.84. The Balaban J connectivity index is 2.20. The van der Waals surface area contributed by atoms with Gasteiger partial charge >= 0.3 is 6.18 Å². The molecule has 2 rings (SSSR count). The summed E-state index contributed by atoms with van der Waals surface area (Å²) in [7, 11) is 3.75. The molecule has 0 spiro atoms. The molecule has 1 amide bonds. The maximum absolute atomic E-state index is 13.4. The third-order valence-electron chi connectivity index (χ3n) is 4.32. The fourth-order valence-electron chi connectivity index (χ4n) is 3.23. The van der Waals surface area contributed by atoms with Gasteiger partial charge in [-0.05, 0) is 39.9 Å². The molecule has 0 bridgehead atoms. The monoisotopic (exact) mass is 293 g/mol. The normalized spacial score (nSPS) is 31.3. The van der Waals surface area contributed by atoms with E-state index in [1.54, 1.807) is 0 Å². The van der Waals surface area contributed by atoms with Crippen molar-refractivity contribution >= 4 is 5.91 Å². The zero-order valence-corrected chi connectivity index (χ0v) is 12.0. The maximum Gasteiger partial charge on any atom is 0.404 e. The molecule has 1 N–H and O–H groups in total. The van der Waals surface area contributed by atoms with Gasteiger partial charge in [0.05, 0.1) is 0 Å². The van der Waals surface area contributed by atoms with Gasteiger partial charge in [-0.1, -0.05) is 0 Å². The molecule has 0 aromatic rings. The van der Waals surface area contributed by atoms with Gasteiger partial charge in [0, 0.05) is 25.7 Å². The molecule has 0 aliphatic carbocycles. The molecule has 0 aromatic heterocycles. The molecule has 0 aromatic carbocycles. The van der Waals surface area contributed by atoms with Gasteiger partial charge < -0.3 is 15.1 Å². The Hall–Kier alpha value is -0.820. The predicted molar refractivity (Wildman–Crippen MR) is 69.3 cm³/mol. The van der Waals surface area contributed by atoms with Crippen molar-refractivity contribution < 1.29 is 18.0 Å². The highest BCUT2D eigenvalue weighted by Crippen LogP contribution is 2.45. The quantitative estimate of drug-likeness (QED) is 0.846. The average Bonchev–Trinajstić information content (AvgIpc) is 2.94. The van der Waals surface area contributed by atoms with Crippen LogP contribution in [0.25, 0.3) is 0 Å². The fraction of sp³-hybridized carbons (Fsp3) is 0.923. The van der Waals surface area contributed by atoms with E-state index in [-0.39, 0.29) is 25.6 Å². The third-order valence-corrected chi connectivity index (χ3v) is 4.32. The van der Waals surface area contributed by atoms with Gasteiger partial charge in [0.15, 0.2) is 5.41 Å². The van der Waals surface area contributed by atoms with Crippen molar-refractivity contribution in [2.45, 2.75) is 31.5 Å². The van der Waals surface area contributed by atoms with Gasteiger partial charge in [0.2, 0.25) is 5.91 Å². The Morgan fingerprint density at radius 1 is 1.45 bits per heavy atom. The molecule has 20 heavy (non-hydrogen) atoms. The van der Waals surface area contributed by atoms with E-state index in [0.29, 0.717) is 13.1 Å². The number of carbonyl (C=O) groups excluding carboxylic acids is 1. The van der Waals surface area contributed by atoms with Crippen LogP contribution in [0.15, 0.2) is 0 Å². The van der Waals surface area contributed by atoms with Crippen molar-refractivity contribution in [2.24, 2.45) is 5.41 Å². The molecule has 2 atom stereocenters. The fourth-order valence-corrected chi connectivity index (χ4v) is 3.23. The summed E-state index contributed by atoms with van der Waals surface area (Å²) in [6, 6.07) is -0.0997. The van der Waals surface area contributed by atoms with Crippen LogP contribution in [0, 0.1) is 5.41 Å². The molecule has 7 heteroatoms. The molecule has 2 fully saturated rings. The topological polar surface area (TPSA) is 35.6 Å². The number of nitrogens with one attached hydrogen (secondary N) is 1. The molecule has 0 radical (unpaired) electrons. The number of likely N-dealkylation sites (tertiary alicyclic amines) is 1. The summed E-state index contributed by atoms with van der Waals surface area (Å²) in [5.41, 5.74) is -2.22. The average molecular weight is 293 g/mol. The van der Waals surface area contributed by atoms with Gasteiger partial charge in [0.1, 0.15) is 0 Å². The molecular weight excluding hydrogens is 271 g/mol. The van der Waals surface area contributed by atoms with Crippen LogP contribution < -0.4 is 5.32 Å². The number of nitrogens with zero attached hydrogens (tertiary/aromatic N) is 2. The SMILES string of the molecule is CN(C)CC1CCCN1C(=O)C1(C(F)(F)F)CCNC1. The van der Waals surface area contributed by atoms with Crippen LogP contribution >= 0.6 is 0 Å². The van der Waals surface area contributed by atoms with Crippen LogP contribution in [-0.4, -0.2) is 68.2 Å². The lowest BCUT2D eigenvalue weighted by Gasteiger charge is -2.36. The van der Waals surface area contributed by atoms with E-state index in [0.717, 1.165) is 12.8 Å². The smallest absolute Gasteiger partial charge is 0.338 e. The number of amides is 1. The molecule has 2 heterocycles. The third kappa shape index (κ3) is 2.65. The molecule has 2 saturated heterocycles. The Bertz CT molecular complexity index is 364. The second-order valence-corrected chi connectivity index (χ2v) is 6.06. The molecular formula is C13H22F3N3O. The van der Waals surface area contributed by atoms with Crippen molar-refractivity contribution in [3.63, 3.8) is 0 Å². The molecule has 2 aliphatic heterocycles. The zero-order chi connectivity index (χ0) is 15.0. The van der Waals surface area contributed by atoms with Crippen LogP contribution in [0.4, 0.5) is 13.2 Å². The number of rotatable bonds is 3. The minimum Gasteiger partial charge on any atom is -0.338 e. The molecule has 2 aliphatic rings. The summed E-state index contributed by atoms with van der Waals surface area (Å²) in [6.07, 6.45) is -3.07. The van der Waals surface area contributed by atoms with E-state index >= 15 is 0 Å². The van der Waals surface area contributed by atoms with Crippen LogP contribution in [0.2, 0.25) is 0 Å². The van der Waals surface area contributed by atoms with Crippen LogP contribution in [-0.2, 0) is 4.79 Å². The van der Waals surface area contributed by atoms with Crippen molar-refractivity contribution in [2.75, 3.05) is 40.3 Å². The lowest BCUT2D eigenvalue weighted by molar-refractivity contribution is -0.222. The summed E-state index contributed by atoms with van der Waals surface area (Å²) in [4.78, 5) is 15.9. The standard InChI is InChI=1S/C13H22F3N3O/c1-18(2)8-10-4-3-7-19(10)11(20)12(13(14,15)16)5-6-17-9-12/h10,17H,3-9H2,1-2H3. The van der Waals surface area contributed by atoms with Gasteiger partial charge in [-0.25, -0.2) is 0 Å². The second kappa shape index (κ2) is 5.52. The van der Waals surface area contributed by atoms with E-state index in [1.807, 2.05) is 19.0 Å². The number of halogens is 3. The molecule has 4 nitrogen and oxygen atoms in total. The second-order valence-electron chi connectivity index (χ2n) is 6.06. The minimum atomic E-state index is -4.49. The van der Waals surface area contributed by atoms with E-state index in [2.05, 4.69) is 5.32 Å². The Morgan fingerprint density at radius 3 is 2.65 bits per heavy atom. The first kappa shape index (κ1) is 15.6. The van der Waals surface area contributed by atoms with Crippen molar-refractivity contribution in [3.8, 4) is 0 Å². The van der Waals surface area contributed by atoms with Gasteiger partial charge in [0.25, 0.3) is 0 Å². The van der Waals surface area contributed by atoms with E-state index < -0.39 is 17.5 Å². The van der Waals surface area contributed by atoms with E-state index in [1.165, 1.54) is 4.90 Å². The number of hydrogen-bond donors (Lipinski definition) is 1.